The molecule has 0 saturated heterocycles. The summed E-state index contributed by atoms with van der Waals surface area (Å²) in [5, 5.41) is 5.40. The van der Waals surface area contributed by atoms with Gasteiger partial charge in [0.25, 0.3) is 0 Å². The van der Waals surface area contributed by atoms with Crippen LogP contribution in [0.25, 0.3) is 0 Å². The lowest BCUT2D eigenvalue weighted by molar-refractivity contribution is 0.407. The third-order valence-corrected chi connectivity index (χ3v) is 5.02. The quantitative estimate of drug-likeness (QED) is 0.710. The van der Waals surface area contributed by atoms with Gasteiger partial charge >= 0.3 is 0 Å². The molecule has 2 rings (SSSR count). The number of methoxy groups -OCH3 is 3. The summed E-state index contributed by atoms with van der Waals surface area (Å²) in [7, 11) is 5.14. The van der Waals surface area contributed by atoms with Crippen LogP contribution in [0.3, 0.4) is 0 Å². The molecular formula is C18H25NO3S. The van der Waals surface area contributed by atoms with Crippen LogP contribution in [-0.2, 0) is 19.4 Å². The molecule has 0 radical (unpaired) electrons. The number of benzene rings is 1. The van der Waals surface area contributed by atoms with Crippen LogP contribution in [-0.4, -0.2) is 27.9 Å². The molecule has 0 aliphatic carbocycles. The second kappa shape index (κ2) is 8.79. The fraction of sp³-hybridized carbons (Fsp3) is 0.444. The fourth-order valence-electron chi connectivity index (χ4n) is 2.68. The summed E-state index contributed by atoms with van der Waals surface area (Å²) in [6.45, 7) is 3.81. The largest absolute Gasteiger partial charge is 0.496 e. The average molecular weight is 335 g/mol. The van der Waals surface area contributed by atoms with E-state index < -0.39 is 0 Å². The molecule has 0 spiro atoms. The Morgan fingerprint density at radius 1 is 0.957 bits per heavy atom. The monoisotopic (exact) mass is 335 g/mol. The van der Waals surface area contributed by atoms with Gasteiger partial charge in [-0.1, -0.05) is 36.5 Å². The van der Waals surface area contributed by atoms with Crippen LogP contribution in [0.5, 0.6) is 15.9 Å². The van der Waals surface area contributed by atoms with E-state index in [1.807, 2.05) is 18.2 Å². The Balaban J connectivity index is 1.97. The highest BCUT2D eigenvalue weighted by molar-refractivity contribution is 7.16. The van der Waals surface area contributed by atoms with Gasteiger partial charge in [-0.25, -0.2) is 0 Å². The summed E-state index contributed by atoms with van der Waals surface area (Å²) >= 11 is 1.58. The summed E-state index contributed by atoms with van der Waals surface area (Å²) in [4.78, 5) is 0. The van der Waals surface area contributed by atoms with E-state index in [4.69, 9.17) is 14.2 Å². The minimum atomic E-state index is 0.787. The molecule has 5 heteroatoms. The van der Waals surface area contributed by atoms with E-state index in [0.29, 0.717) is 0 Å². The van der Waals surface area contributed by atoms with E-state index in [2.05, 4.69) is 18.3 Å². The van der Waals surface area contributed by atoms with Gasteiger partial charge in [0.15, 0.2) is 10.1 Å². The van der Waals surface area contributed by atoms with E-state index in [-0.39, 0.29) is 0 Å². The Bertz CT molecular complexity index is 625. The van der Waals surface area contributed by atoms with Crippen LogP contribution in [0, 0.1) is 0 Å². The Morgan fingerprint density at radius 3 is 2.30 bits per heavy atom. The summed E-state index contributed by atoms with van der Waals surface area (Å²) in [5.41, 5.74) is 3.68. The predicted molar refractivity (Wildman–Crippen MR) is 95.2 cm³/mol. The van der Waals surface area contributed by atoms with Crippen molar-refractivity contribution in [1.29, 1.82) is 0 Å². The predicted octanol–water partition coefficient (Wildman–Crippen LogP) is 3.67. The highest BCUT2D eigenvalue weighted by atomic mass is 32.1. The van der Waals surface area contributed by atoms with Gasteiger partial charge in [-0.05, 0) is 25.5 Å². The van der Waals surface area contributed by atoms with Crippen molar-refractivity contribution in [2.45, 2.75) is 26.3 Å². The van der Waals surface area contributed by atoms with Crippen molar-refractivity contribution in [3.05, 3.63) is 41.0 Å². The van der Waals surface area contributed by atoms with Gasteiger partial charge in [-0.2, -0.15) is 0 Å². The number of nitrogens with one attached hydrogen (secondary N) is 1. The van der Waals surface area contributed by atoms with Gasteiger partial charge in [0, 0.05) is 23.2 Å². The van der Waals surface area contributed by atoms with Gasteiger partial charge in [0.1, 0.15) is 5.75 Å². The van der Waals surface area contributed by atoms with Crippen molar-refractivity contribution in [2.75, 3.05) is 27.9 Å². The Labute approximate surface area is 142 Å². The number of hydrogen-bond acceptors (Lipinski definition) is 5. The molecule has 1 N–H and O–H groups in total. The van der Waals surface area contributed by atoms with E-state index in [1.54, 1.807) is 32.7 Å². The van der Waals surface area contributed by atoms with Crippen LogP contribution in [0.2, 0.25) is 0 Å². The van der Waals surface area contributed by atoms with Gasteiger partial charge in [0.2, 0.25) is 0 Å². The van der Waals surface area contributed by atoms with Crippen LogP contribution < -0.4 is 19.5 Å². The standard InChI is InChI=1S/C18H25NO3S/c1-5-14-15(18(22-4)23-17(14)21-3)10-11-19-12-13-8-6-7-9-16(13)20-2/h6-9,19H,5,10-12H2,1-4H3. The van der Waals surface area contributed by atoms with Gasteiger partial charge in [-0.3, -0.25) is 0 Å². The lowest BCUT2D eigenvalue weighted by atomic mass is 10.1. The molecule has 2 aromatic rings. The first-order chi connectivity index (χ1) is 11.2. The van der Waals surface area contributed by atoms with Crippen LogP contribution in [0.15, 0.2) is 24.3 Å². The molecular weight excluding hydrogens is 310 g/mol. The van der Waals surface area contributed by atoms with Crippen LogP contribution in [0.4, 0.5) is 0 Å². The average Bonchev–Trinajstić information content (AvgIpc) is 2.95. The highest BCUT2D eigenvalue weighted by Gasteiger charge is 2.17. The van der Waals surface area contributed by atoms with E-state index in [0.717, 1.165) is 41.8 Å². The molecule has 0 fully saturated rings. The molecule has 0 aliphatic rings. The van der Waals surface area contributed by atoms with Crippen molar-refractivity contribution in [1.82, 2.24) is 5.32 Å². The zero-order valence-electron chi connectivity index (χ0n) is 14.3. The van der Waals surface area contributed by atoms with Gasteiger partial charge in [0.05, 0.1) is 21.3 Å². The molecule has 0 bridgehead atoms. The van der Waals surface area contributed by atoms with Crippen molar-refractivity contribution in [3.8, 4) is 15.9 Å². The molecule has 1 aromatic heterocycles. The summed E-state index contributed by atoms with van der Waals surface area (Å²) in [5.74, 6) is 0.920. The topological polar surface area (TPSA) is 39.7 Å². The van der Waals surface area contributed by atoms with Crippen molar-refractivity contribution in [2.24, 2.45) is 0 Å². The molecule has 0 saturated carbocycles. The number of ether oxygens (including phenoxy) is 3. The molecule has 1 aromatic carbocycles. The first-order valence-corrected chi connectivity index (χ1v) is 8.61. The van der Waals surface area contributed by atoms with Gasteiger partial charge in [-0.15, -0.1) is 0 Å². The molecule has 1 heterocycles. The van der Waals surface area contributed by atoms with Crippen molar-refractivity contribution in [3.63, 3.8) is 0 Å². The smallest absolute Gasteiger partial charge is 0.180 e. The van der Waals surface area contributed by atoms with E-state index >= 15 is 0 Å². The molecule has 0 atom stereocenters. The first-order valence-electron chi connectivity index (χ1n) is 7.80. The van der Waals surface area contributed by atoms with Gasteiger partial charge < -0.3 is 19.5 Å². The second-order valence-corrected chi connectivity index (χ2v) is 6.08. The van der Waals surface area contributed by atoms with Crippen molar-refractivity contribution >= 4 is 11.3 Å². The zero-order valence-corrected chi connectivity index (χ0v) is 15.1. The first kappa shape index (κ1) is 17.6. The lowest BCUT2D eigenvalue weighted by Crippen LogP contribution is -2.17. The Hall–Kier alpha value is -1.72. The minimum absolute atomic E-state index is 0.787. The minimum Gasteiger partial charge on any atom is -0.496 e. The fourth-order valence-corrected chi connectivity index (χ4v) is 3.75. The molecule has 23 heavy (non-hydrogen) atoms. The number of para-hydroxylation sites is 1. The molecule has 0 unspecified atom stereocenters. The molecule has 0 aliphatic heterocycles. The maximum atomic E-state index is 5.51. The Morgan fingerprint density at radius 2 is 1.65 bits per heavy atom. The third-order valence-electron chi connectivity index (χ3n) is 3.83. The van der Waals surface area contributed by atoms with Crippen molar-refractivity contribution < 1.29 is 14.2 Å². The lowest BCUT2D eigenvalue weighted by Gasteiger charge is -2.10. The second-order valence-electron chi connectivity index (χ2n) is 5.13. The van der Waals surface area contributed by atoms with E-state index in [1.165, 1.54) is 16.7 Å². The number of hydrogen-bond donors (Lipinski definition) is 1. The maximum absolute atomic E-state index is 5.51. The van der Waals surface area contributed by atoms with Crippen LogP contribution in [0.1, 0.15) is 23.6 Å². The zero-order chi connectivity index (χ0) is 16.7. The SMILES string of the molecule is CCc1c(OC)sc(OC)c1CCNCc1ccccc1OC. The van der Waals surface area contributed by atoms with E-state index in [9.17, 15) is 0 Å². The number of thiophene rings is 1. The Kier molecular flexibility index (Phi) is 6.74. The molecule has 4 nitrogen and oxygen atoms in total. The normalized spacial score (nSPS) is 10.6. The summed E-state index contributed by atoms with van der Waals surface area (Å²) in [6, 6.07) is 8.08. The molecule has 0 amide bonds. The third kappa shape index (κ3) is 4.18. The van der Waals surface area contributed by atoms with Crippen LogP contribution >= 0.6 is 11.3 Å². The highest BCUT2D eigenvalue weighted by Crippen LogP contribution is 2.41. The summed E-state index contributed by atoms with van der Waals surface area (Å²) in [6.07, 6.45) is 1.87. The maximum Gasteiger partial charge on any atom is 0.180 e. The number of rotatable bonds is 9. The molecule has 126 valence electrons. The summed E-state index contributed by atoms with van der Waals surface area (Å²) < 4.78 is 16.4.